The second kappa shape index (κ2) is 5.02. The monoisotopic (exact) mass is 281 g/mol. The van der Waals surface area contributed by atoms with Crippen LogP contribution in [0.1, 0.15) is 17.2 Å². The van der Waals surface area contributed by atoms with Crippen LogP contribution in [-0.4, -0.2) is 13.4 Å². The highest BCUT2D eigenvalue weighted by Crippen LogP contribution is 2.22. The van der Waals surface area contributed by atoms with Crippen LogP contribution in [0.3, 0.4) is 0 Å². The van der Waals surface area contributed by atoms with Crippen molar-refractivity contribution in [1.29, 1.82) is 0 Å². The number of anilines is 1. The number of nitrogens with zero attached hydrogens (tertiary/aromatic N) is 1. The van der Waals surface area contributed by atoms with E-state index >= 15 is 0 Å². The van der Waals surface area contributed by atoms with Gasteiger partial charge in [-0.3, -0.25) is 4.72 Å². The SMILES string of the molecule is Cc1cccc(NS(=O)(=O)c2cc(CN)oc2C)n1. The normalized spacial score (nSPS) is 11.5. The molecule has 2 aromatic rings. The number of pyridine rings is 1. The van der Waals surface area contributed by atoms with E-state index in [0.717, 1.165) is 5.69 Å². The van der Waals surface area contributed by atoms with Gasteiger partial charge in [-0.2, -0.15) is 0 Å². The Hall–Kier alpha value is -1.86. The average molecular weight is 281 g/mol. The van der Waals surface area contributed by atoms with Gasteiger partial charge >= 0.3 is 0 Å². The molecule has 0 amide bonds. The number of aryl methyl sites for hydroxylation is 2. The molecule has 0 saturated heterocycles. The minimum absolute atomic E-state index is 0.0799. The summed E-state index contributed by atoms with van der Waals surface area (Å²) in [5.74, 6) is 1.01. The van der Waals surface area contributed by atoms with Crippen LogP contribution < -0.4 is 10.5 Å². The van der Waals surface area contributed by atoms with Crippen LogP contribution in [0.5, 0.6) is 0 Å². The summed E-state index contributed by atoms with van der Waals surface area (Å²) in [5.41, 5.74) is 6.15. The molecular formula is C12H15N3O3S. The van der Waals surface area contributed by atoms with Crippen LogP contribution >= 0.6 is 0 Å². The van der Waals surface area contributed by atoms with Crippen LogP contribution in [0.15, 0.2) is 33.6 Å². The number of rotatable bonds is 4. The van der Waals surface area contributed by atoms with E-state index in [1.54, 1.807) is 32.0 Å². The molecule has 3 N–H and O–H groups in total. The lowest BCUT2D eigenvalue weighted by atomic mass is 10.4. The Morgan fingerprint density at radius 2 is 2.11 bits per heavy atom. The molecule has 0 fully saturated rings. The first-order valence-corrected chi connectivity index (χ1v) is 7.16. The lowest BCUT2D eigenvalue weighted by Crippen LogP contribution is -2.14. The zero-order chi connectivity index (χ0) is 14.0. The first-order chi connectivity index (χ1) is 8.92. The van der Waals surface area contributed by atoms with Gasteiger partial charge in [-0.25, -0.2) is 13.4 Å². The fourth-order valence-electron chi connectivity index (χ4n) is 1.68. The maximum absolute atomic E-state index is 12.2. The second-order valence-corrected chi connectivity index (χ2v) is 5.76. The molecule has 0 aliphatic heterocycles. The summed E-state index contributed by atoms with van der Waals surface area (Å²) in [5, 5.41) is 0. The summed E-state index contributed by atoms with van der Waals surface area (Å²) in [6, 6.07) is 6.53. The number of hydrogen-bond acceptors (Lipinski definition) is 5. The number of aromatic nitrogens is 1. The van der Waals surface area contributed by atoms with Crippen molar-refractivity contribution in [2.75, 3.05) is 4.72 Å². The van der Waals surface area contributed by atoms with Gasteiger partial charge in [0.2, 0.25) is 0 Å². The Balaban J connectivity index is 2.34. The largest absolute Gasteiger partial charge is 0.464 e. The van der Waals surface area contributed by atoms with E-state index < -0.39 is 10.0 Å². The number of furan rings is 1. The van der Waals surface area contributed by atoms with Crippen LogP contribution in [0, 0.1) is 13.8 Å². The average Bonchev–Trinajstić information content (AvgIpc) is 2.71. The van der Waals surface area contributed by atoms with Crippen LogP contribution in [0.25, 0.3) is 0 Å². The van der Waals surface area contributed by atoms with Crippen LogP contribution in [0.2, 0.25) is 0 Å². The third-order valence-corrected chi connectivity index (χ3v) is 4.00. The van der Waals surface area contributed by atoms with Crippen molar-refractivity contribution in [1.82, 2.24) is 4.98 Å². The molecule has 0 saturated carbocycles. The zero-order valence-electron chi connectivity index (χ0n) is 10.7. The Labute approximate surface area is 111 Å². The van der Waals surface area contributed by atoms with E-state index in [0.29, 0.717) is 11.5 Å². The summed E-state index contributed by atoms with van der Waals surface area (Å²) in [6.07, 6.45) is 0. The van der Waals surface area contributed by atoms with E-state index in [4.69, 9.17) is 10.2 Å². The van der Waals surface area contributed by atoms with Crippen molar-refractivity contribution in [3.05, 3.63) is 41.5 Å². The van der Waals surface area contributed by atoms with Gasteiger partial charge in [0.05, 0.1) is 6.54 Å². The molecule has 19 heavy (non-hydrogen) atoms. The Bertz CT molecular complexity index is 692. The van der Waals surface area contributed by atoms with Crippen LogP contribution in [0.4, 0.5) is 5.82 Å². The number of hydrogen-bond donors (Lipinski definition) is 2. The summed E-state index contributed by atoms with van der Waals surface area (Å²) in [7, 11) is -3.71. The van der Waals surface area contributed by atoms with Gasteiger partial charge in [-0.1, -0.05) is 6.07 Å². The van der Waals surface area contributed by atoms with Gasteiger partial charge in [0.25, 0.3) is 10.0 Å². The highest BCUT2D eigenvalue weighted by Gasteiger charge is 2.21. The molecule has 2 aromatic heterocycles. The van der Waals surface area contributed by atoms with Crippen molar-refractivity contribution in [2.24, 2.45) is 5.73 Å². The maximum Gasteiger partial charge on any atom is 0.266 e. The van der Waals surface area contributed by atoms with Gasteiger partial charge in [0.15, 0.2) is 0 Å². The second-order valence-electron chi connectivity index (χ2n) is 4.11. The summed E-state index contributed by atoms with van der Waals surface area (Å²) in [6.45, 7) is 3.52. The van der Waals surface area contributed by atoms with Gasteiger partial charge in [0.1, 0.15) is 22.2 Å². The Morgan fingerprint density at radius 3 is 2.68 bits per heavy atom. The Morgan fingerprint density at radius 1 is 1.37 bits per heavy atom. The van der Waals surface area contributed by atoms with Crippen LogP contribution in [-0.2, 0) is 16.6 Å². The van der Waals surface area contributed by atoms with E-state index in [9.17, 15) is 8.42 Å². The van der Waals surface area contributed by atoms with Gasteiger partial charge in [-0.05, 0) is 26.0 Å². The third kappa shape index (κ3) is 2.94. The summed E-state index contributed by atoms with van der Waals surface area (Å²) in [4.78, 5) is 4.17. The smallest absolute Gasteiger partial charge is 0.266 e. The number of nitrogens with one attached hydrogen (secondary N) is 1. The number of nitrogens with two attached hydrogens (primary N) is 1. The first-order valence-electron chi connectivity index (χ1n) is 5.68. The summed E-state index contributed by atoms with van der Waals surface area (Å²) < 4.78 is 32.1. The molecule has 0 bridgehead atoms. The fraction of sp³-hybridized carbons (Fsp3) is 0.250. The van der Waals surface area contributed by atoms with Crippen molar-refractivity contribution >= 4 is 15.8 Å². The molecule has 0 spiro atoms. The molecule has 0 unspecified atom stereocenters. The topological polar surface area (TPSA) is 98.2 Å². The third-order valence-electron chi connectivity index (χ3n) is 2.54. The number of sulfonamides is 1. The maximum atomic E-state index is 12.2. The van der Waals surface area contributed by atoms with Gasteiger partial charge in [0, 0.05) is 11.8 Å². The standard InChI is InChI=1S/C12H15N3O3S/c1-8-4-3-5-12(14-8)15-19(16,17)11-6-10(7-13)18-9(11)2/h3-6H,7,13H2,1-2H3,(H,14,15). The lowest BCUT2D eigenvalue weighted by molar-refractivity contribution is 0.479. The Kier molecular flexibility index (Phi) is 3.59. The molecule has 7 heteroatoms. The molecule has 2 rings (SSSR count). The first kappa shape index (κ1) is 13.6. The minimum atomic E-state index is -3.71. The van der Waals surface area contributed by atoms with E-state index in [1.165, 1.54) is 6.07 Å². The molecule has 0 radical (unpaired) electrons. The quantitative estimate of drug-likeness (QED) is 0.886. The fourth-order valence-corrected chi connectivity index (χ4v) is 2.89. The van der Waals surface area contributed by atoms with Crippen molar-refractivity contribution < 1.29 is 12.8 Å². The zero-order valence-corrected chi connectivity index (χ0v) is 11.5. The molecular weight excluding hydrogens is 266 g/mol. The molecule has 0 aliphatic carbocycles. The van der Waals surface area contributed by atoms with E-state index in [1.807, 2.05) is 0 Å². The lowest BCUT2D eigenvalue weighted by Gasteiger charge is -2.06. The van der Waals surface area contributed by atoms with Crippen molar-refractivity contribution in [3.8, 4) is 0 Å². The molecule has 0 aromatic carbocycles. The molecule has 102 valence electrons. The molecule has 6 nitrogen and oxygen atoms in total. The van der Waals surface area contributed by atoms with Crippen molar-refractivity contribution in [2.45, 2.75) is 25.3 Å². The predicted octanol–water partition coefficient (Wildman–Crippen LogP) is 1.55. The summed E-state index contributed by atoms with van der Waals surface area (Å²) >= 11 is 0. The van der Waals surface area contributed by atoms with Crippen molar-refractivity contribution in [3.63, 3.8) is 0 Å². The highest BCUT2D eigenvalue weighted by molar-refractivity contribution is 7.92. The highest BCUT2D eigenvalue weighted by atomic mass is 32.2. The van der Waals surface area contributed by atoms with Gasteiger partial charge in [-0.15, -0.1) is 0 Å². The van der Waals surface area contributed by atoms with Gasteiger partial charge < -0.3 is 10.2 Å². The molecule has 0 aliphatic rings. The van der Waals surface area contributed by atoms with E-state index in [2.05, 4.69) is 9.71 Å². The van der Waals surface area contributed by atoms with E-state index in [-0.39, 0.29) is 17.3 Å². The molecule has 0 atom stereocenters. The molecule has 2 heterocycles. The predicted molar refractivity (Wildman–Crippen MR) is 71.1 cm³/mol. The minimum Gasteiger partial charge on any atom is -0.464 e.